The van der Waals surface area contributed by atoms with Crippen LogP contribution < -0.4 is 5.73 Å². The Kier molecular flexibility index (Phi) is 6.17. The number of ketones is 1. The van der Waals surface area contributed by atoms with Gasteiger partial charge < -0.3 is 21.1 Å². The second-order valence-electron chi connectivity index (χ2n) is 8.12. The Bertz CT molecular complexity index is 674. The molecule has 2 aliphatic carbocycles. The van der Waals surface area contributed by atoms with Gasteiger partial charge in [0.05, 0.1) is 5.92 Å². The molecule has 1 amide bonds. The van der Waals surface area contributed by atoms with Crippen LogP contribution in [0.3, 0.4) is 0 Å². The lowest BCUT2D eigenvalue weighted by molar-refractivity contribution is -0.149. The SMILES string of the molecule is NC(=O)[C@@H]1C(=O)[C@@H](Cc2ccc(O)cc2)[C@@H]2CCC(CO)C[C@H]2C1CCO. The van der Waals surface area contributed by atoms with Crippen LogP contribution in [0.2, 0.25) is 0 Å². The van der Waals surface area contributed by atoms with E-state index in [0.29, 0.717) is 12.8 Å². The maximum absolute atomic E-state index is 13.2. The first-order valence-electron chi connectivity index (χ1n) is 9.79. The van der Waals surface area contributed by atoms with Gasteiger partial charge in [-0.25, -0.2) is 0 Å². The average Bonchev–Trinajstić information content (AvgIpc) is 2.66. The van der Waals surface area contributed by atoms with Gasteiger partial charge in [-0.3, -0.25) is 9.59 Å². The Morgan fingerprint density at radius 2 is 1.81 bits per heavy atom. The highest BCUT2D eigenvalue weighted by molar-refractivity contribution is 6.03. The van der Waals surface area contributed by atoms with Crippen molar-refractivity contribution in [1.29, 1.82) is 0 Å². The molecule has 3 rings (SSSR count). The van der Waals surface area contributed by atoms with E-state index >= 15 is 0 Å². The number of amides is 1. The zero-order valence-corrected chi connectivity index (χ0v) is 15.5. The summed E-state index contributed by atoms with van der Waals surface area (Å²) in [5.41, 5.74) is 6.56. The second kappa shape index (κ2) is 8.40. The van der Waals surface area contributed by atoms with Crippen molar-refractivity contribution < 1.29 is 24.9 Å². The maximum atomic E-state index is 13.2. The van der Waals surface area contributed by atoms with Gasteiger partial charge in [-0.2, -0.15) is 0 Å². The number of carbonyl (C=O) groups excluding carboxylic acids is 2. The number of benzene rings is 1. The highest BCUT2D eigenvalue weighted by Crippen LogP contribution is 2.51. The van der Waals surface area contributed by atoms with Crippen molar-refractivity contribution in [3.8, 4) is 5.75 Å². The van der Waals surface area contributed by atoms with E-state index in [4.69, 9.17) is 5.73 Å². The monoisotopic (exact) mass is 375 g/mol. The molecular weight excluding hydrogens is 346 g/mol. The smallest absolute Gasteiger partial charge is 0.228 e. The molecule has 0 heterocycles. The normalized spacial score (nSPS) is 33.5. The third-order valence-electron chi connectivity index (χ3n) is 6.65. The third-order valence-corrected chi connectivity index (χ3v) is 6.65. The van der Waals surface area contributed by atoms with Gasteiger partial charge in [0.25, 0.3) is 0 Å². The lowest BCUT2D eigenvalue weighted by Gasteiger charge is -2.49. The molecule has 0 bridgehead atoms. The summed E-state index contributed by atoms with van der Waals surface area (Å²) in [4.78, 5) is 25.4. The molecule has 5 N–H and O–H groups in total. The van der Waals surface area contributed by atoms with Crippen LogP contribution in [0, 0.1) is 35.5 Å². The summed E-state index contributed by atoms with van der Waals surface area (Å²) in [7, 11) is 0. The quantitative estimate of drug-likeness (QED) is 0.558. The van der Waals surface area contributed by atoms with Gasteiger partial charge >= 0.3 is 0 Å². The number of hydrogen-bond acceptors (Lipinski definition) is 5. The van der Waals surface area contributed by atoms with Gasteiger partial charge in [0.1, 0.15) is 11.5 Å². The number of hydrogen-bond donors (Lipinski definition) is 4. The number of primary amides is 1. The average molecular weight is 375 g/mol. The summed E-state index contributed by atoms with van der Waals surface area (Å²) < 4.78 is 0. The standard InChI is InChI=1S/C21H29NO5/c22-21(27)19-16(7-8-23)17-10-13(11-24)3-6-15(17)18(20(19)26)9-12-1-4-14(25)5-2-12/h1-2,4-5,13,15-19,23-25H,3,6-11H2,(H2,22,27)/t13?,15-,16?,17-,18+,19+/m1/s1. The lowest BCUT2D eigenvalue weighted by Crippen LogP contribution is -2.54. The molecule has 0 spiro atoms. The van der Waals surface area contributed by atoms with Crippen molar-refractivity contribution in [1.82, 2.24) is 0 Å². The Morgan fingerprint density at radius 1 is 1.11 bits per heavy atom. The number of nitrogens with two attached hydrogens (primary N) is 1. The number of fused-ring (bicyclic) bond motifs is 1. The molecule has 6 nitrogen and oxygen atoms in total. The van der Waals surface area contributed by atoms with Gasteiger partial charge in [-0.15, -0.1) is 0 Å². The van der Waals surface area contributed by atoms with E-state index in [1.165, 1.54) is 0 Å². The van der Waals surface area contributed by atoms with Gasteiger partial charge in [0.15, 0.2) is 0 Å². The van der Waals surface area contributed by atoms with E-state index in [1.54, 1.807) is 24.3 Å². The molecule has 1 aromatic rings. The largest absolute Gasteiger partial charge is 0.508 e. The summed E-state index contributed by atoms with van der Waals surface area (Å²) in [5.74, 6) is -1.59. The molecule has 27 heavy (non-hydrogen) atoms. The van der Waals surface area contributed by atoms with E-state index in [1.807, 2.05) is 0 Å². The van der Waals surface area contributed by atoms with Gasteiger partial charge in [-0.05, 0) is 73.5 Å². The topological polar surface area (TPSA) is 121 Å². The fraction of sp³-hybridized carbons (Fsp3) is 0.619. The van der Waals surface area contributed by atoms with E-state index in [9.17, 15) is 24.9 Å². The molecule has 0 saturated heterocycles. The molecule has 2 saturated carbocycles. The Labute approximate surface area is 159 Å². The molecule has 1 aromatic carbocycles. The summed E-state index contributed by atoms with van der Waals surface area (Å²) >= 11 is 0. The zero-order chi connectivity index (χ0) is 19.6. The summed E-state index contributed by atoms with van der Waals surface area (Å²) in [6.07, 6.45) is 3.35. The van der Waals surface area contributed by atoms with Crippen molar-refractivity contribution >= 4 is 11.7 Å². The van der Waals surface area contributed by atoms with Crippen molar-refractivity contribution in [2.45, 2.75) is 32.1 Å². The number of aromatic hydroxyl groups is 1. The van der Waals surface area contributed by atoms with Crippen molar-refractivity contribution in [3.05, 3.63) is 29.8 Å². The first-order chi connectivity index (χ1) is 13.0. The number of rotatable bonds is 6. The van der Waals surface area contributed by atoms with Crippen LogP contribution in [0.15, 0.2) is 24.3 Å². The zero-order valence-electron chi connectivity index (χ0n) is 15.5. The number of Topliss-reactive ketones (excluding diaryl/α,β-unsaturated/α-hetero) is 1. The minimum absolute atomic E-state index is 0.0859. The van der Waals surface area contributed by atoms with Gasteiger partial charge in [0, 0.05) is 19.1 Å². The molecule has 0 aliphatic heterocycles. The molecule has 6 heteroatoms. The predicted octanol–water partition coefficient (Wildman–Crippen LogP) is 1.26. The molecule has 2 aliphatic rings. The van der Waals surface area contributed by atoms with Crippen LogP contribution in [0.25, 0.3) is 0 Å². The summed E-state index contributed by atoms with van der Waals surface area (Å²) in [6.45, 7) is 0.0181. The van der Waals surface area contributed by atoms with Crippen molar-refractivity contribution in [2.24, 2.45) is 41.2 Å². The highest BCUT2D eigenvalue weighted by Gasteiger charge is 2.52. The Balaban J connectivity index is 1.93. The fourth-order valence-electron chi connectivity index (χ4n) is 5.40. The fourth-order valence-corrected chi connectivity index (χ4v) is 5.40. The van der Waals surface area contributed by atoms with E-state index in [2.05, 4.69) is 0 Å². The molecule has 6 atom stereocenters. The lowest BCUT2D eigenvalue weighted by atomic mass is 9.54. The Morgan fingerprint density at radius 3 is 2.41 bits per heavy atom. The minimum atomic E-state index is -0.877. The predicted molar refractivity (Wildman–Crippen MR) is 99.6 cm³/mol. The second-order valence-corrected chi connectivity index (χ2v) is 8.12. The summed E-state index contributed by atoms with van der Waals surface area (Å²) in [5, 5.41) is 28.6. The van der Waals surface area contributed by atoms with Gasteiger partial charge in [0.2, 0.25) is 5.91 Å². The summed E-state index contributed by atoms with van der Waals surface area (Å²) in [6, 6.07) is 6.80. The molecule has 148 valence electrons. The molecule has 2 unspecified atom stereocenters. The van der Waals surface area contributed by atoms with Crippen molar-refractivity contribution in [2.75, 3.05) is 13.2 Å². The third kappa shape index (κ3) is 4.01. The van der Waals surface area contributed by atoms with Crippen LogP contribution in [-0.2, 0) is 16.0 Å². The van der Waals surface area contributed by atoms with Crippen LogP contribution in [0.5, 0.6) is 5.75 Å². The molecule has 0 aromatic heterocycles. The van der Waals surface area contributed by atoms with Crippen LogP contribution in [0.1, 0.15) is 31.2 Å². The van der Waals surface area contributed by atoms with Crippen LogP contribution >= 0.6 is 0 Å². The van der Waals surface area contributed by atoms with E-state index in [0.717, 1.165) is 24.8 Å². The van der Waals surface area contributed by atoms with Gasteiger partial charge in [-0.1, -0.05) is 12.1 Å². The van der Waals surface area contributed by atoms with Crippen LogP contribution in [0.4, 0.5) is 0 Å². The first-order valence-corrected chi connectivity index (χ1v) is 9.79. The number of aliphatic hydroxyl groups excluding tert-OH is 2. The first kappa shape index (κ1) is 19.8. The molecule has 0 radical (unpaired) electrons. The van der Waals surface area contributed by atoms with E-state index < -0.39 is 11.8 Å². The number of aliphatic hydroxyl groups is 2. The highest BCUT2D eigenvalue weighted by atomic mass is 16.3. The molecule has 2 fully saturated rings. The maximum Gasteiger partial charge on any atom is 0.228 e. The number of phenolic OH excluding ortho intramolecular Hbond substituents is 1. The number of phenols is 1. The molecular formula is C21H29NO5. The van der Waals surface area contributed by atoms with Crippen LogP contribution in [-0.4, -0.2) is 40.2 Å². The number of carbonyl (C=O) groups is 2. The Hall–Kier alpha value is -1.92. The van der Waals surface area contributed by atoms with E-state index in [-0.39, 0.29) is 54.3 Å². The minimum Gasteiger partial charge on any atom is -0.508 e. The van der Waals surface area contributed by atoms with Crippen molar-refractivity contribution in [3.63, 3.8) is 0 Å².